The minimum atomic E-state index is -0.127. The average Bonchev–Trinajstić information content (AvgIpc) is 3.51. The van der Waals surface area contributed by atoms with Crippen LogP contribution in [-0.2, 0) is 6.54 Å². The number of hydrogen-bond acceptors (Lipinski definition) is 5. The standard InChI is InChI=1S/C24H28N6O/c1-17(19-7-9-20(10-8-19)25-13-18-5-3-2-4-6-18)29-14-21(15-29)26-24(31)23-16-30(28-27-23)22-11-12-22/h2-10,16-17,21-22,25H,11-15H2,1H3,(H,26,31). The van der Waals surface area contributed by atoms with Crippen molar-refractivity contribution in [3.63, 3.8) is 0 Å². The fourth-order valence-electron chi connectivity index (χ4n) is 3.97. The average molecular weight is 417 g/mol. The molecule has 3 aromatic rings. The Labute approximate surface area is 182 Å². The van der Waals surface area contributed by atoms with E-state index in [0.29, 0.717) is 17.8 Å². The Kier molecular flexibility index (Phi) is 5.42. The van der Waals surface area contributed by atoms with Gasteiger partial charge in [0.25, 0.3) is 5.91 Å². The zero-order chi connectivity index (χ0) is 21.2. The molecule has 7 nitrogen and oxygen atoms in total. The summed E-state index contributed by atoms with van der Waals surface area (Å²) < 4.78 is 1.81. The monoisotopic (exact) mass is 416 g/mol. The zero-order valence-electron chi connectivity index (χ0n) is 17.7. The van der Waals surface area contributed by atoms with Gasteiger partial charge in [0, 0.05) is 31.4 Å². The van der Waals surface area contributed by atoms with Gasteiger partial charge in [-0.15, -0.1) is 5.10 Å². The molecule has 31 heavy (non-hydrogen) atoms. The third-order valence-electron chi connectivity index (χ3n) is 6.19. The second-order valence-corrected chi connectivity index (χ2v) is 8.58. The van der Waals surface area contributed by atoms with E-state index in [-0.39, 0.29) is 11.9 Å². The lowest BCUT2D eigenvalue weighted by atomic mass is 10.00. The molecule has 2 heterocycles. The Morgan fingerprint density at radius 2 is 1.84 bits per heavy atom. The summed E-state index contributed by atoms with van der Waals surface area (Å²) in [6, 6.07) is 19.9. The molecule has 1 aliphatic carbocycles. The molecule has 2 aromatic carbocycles. The van der Waals surface area contributed by atoms with Crippen LogP contribution in [0.5, 0.6) is 0 Å². The number of hydrogen-bond donors (Lipinski definition) is 2. The molecule has 1 aliphatic heterocycles. The summed E-state index contributed by atoms with van der Waals surface area (Å²) in [7, 11) is 0. The first-order valence-electron chi connectivity index (χ1n) is 11.0. The van der Waals surface area contributed by atoms with Gasteiger partial charge in [0.2, 0.25) is 0 Å². The highest BCUT2D eigenvalue weighted by atomic mass is 16.2. The van der Waals surface area contributed by atoms with Crippen LogP contribution in [0.4, 0.5) is 5.69 Å². The fourth-order valence-corrected chi connectivity index (χ4v) is 3.97. The Hall–Kier alpha value is -3.19. The van der Waals surface area contributed by atoms with Crippen LogP contribution in [0.3, 0.4) is 0 Å². The minimum Gasteiger partial charge on any atom is -0.381 e. The molecule has 2 fully saturated rings. The number of likely N-dealkylation sites (tertiary alicyclic amines) is 1. The van der Waals surface area contributed by atoms with Crippen LogP contribution in [0.1, 0.15) is 53.5 Å². The number of amides is 1. The lowest BCUT2D eigenvalue weighted by Gasteiger charge is -2.43. The highest BCUT2D eigenvalue weighted by Crippen LogP contribution is 2.33. The minimum absolute atomic E-state index is 0.127. The molecule has 1 saturated heterocycles. The number of rotatable bonds is 8. The predicted molar refractivity (Wildman–Crippen MR) is 120 cm³/mol. The predicted octanol–water partition coefficient (Wildman–Crippen LogP) is 3.40. The maximum atomic E-state index is 12.4. The highest BCUT2D eigenvalue weighted by molar-refractivity contribution is 5.92. The molecule has 1 saturated carbocycles. The van der Waals surface area contributed by atoms with Gasteiger partial charge in [0.15, 0.2) is 5.69 Å². The van der Waals surface area contributed by atoms with Crippen LogP contribution in [0.2, 0.25) is 0 Å². The first-order valence-corrected chi connectivity index (χ1v) is 11.0. The van der Waals surface area contributed by atoms with Crippen LogP contribution in [-0.4, -0.2) is 44.9 Å². The third kappa shape index (κ3) is 4.61. The van der Waals surface area contributed by atoms with Crippen molar-refractivity contribution in [2.45, 2.75) is 44.4 Å². The molecule has 2 N–H and O–H groups in total. The molecule has 0 radical (unpaired) electrons. The largest absolute Gasteiger partial charge is 0.381 e. The summed E-state index contributed by atoms with van der Waals surface area (Å²) in [4.78, 5) is 14.8. The first kappa shape index (κ1) is 19.8. The smallest absolute Gasteiger partial charge is 0.273 e. The van der Waals surface area contributed by atoms with E-state index in [1.807, 2.05) is 10.7 Å². The Morgan fingerprint density at radius 1 is 1.10 bits per heavy atom. The maximum Gasteiger partial charge on any atom is 0.273 e. The van der Waals surface area contributed by atoms with Gasteiger partial charge in [-0.05, 0) is 43.0 Å². The van der Waals surface area contributed by atoms with Crippen molar-refractivity contribution in [2.75, 3.05) is 18.4 Å². The molecule has 0 bridgehead atoms. The Bertz CT molecular complexity index is 1020. The number of nitrogens with one attached hydrogen (secondary N) is 2. The maximum absolute atomic E-state index is 12.4. The van der Waals surface area contributed by atoms with E-state index >= 15 is 0 Å². The summed E-state index contributed by atoms with van der Waals surface area (Å²) in [5.74, 6) is -0.127. The Balaban J connectivity index is 1.08. The van der Waals surface area contributed by atoms with Crippen molar-refractivity contribution in [3.8, 4) is 0 Å². The van der Waals surface area contributed by atoms with Gasteiger partial charge in [-0.3, -0.25) is 9.69 Å². The van der Waals surface area contributed by atoms with E-state index in [4.69, 9.17) is 0 Å². The molecule has 1 amide bonds. The lowest BCUT2D eigenvalue weighted by Crippen LogP contribution is -2.59. The quantitative estimate of drug-likeness (QED) is 0.589. The van der Waals surface area contributed by atoms with Crippen molar-refractivity contribution in [1.29, 1.82) is 0 Å². The first-order chi connectivity index (χ1) is 15.2. The fraction of sp³-hybridized carbons (Fsp3) is 0.375. The van der Waals surface area contributed by atoms with Crippen molar-refractivity contribution < 1.29 is 4.79 Å². The normalized spacial score (nSPS) is 17.7. The third-order valence-corrected chi connectivity index (χ3v) is 6.19. The van der Waals surface area contributed by atoms with Crippen molar-refractivity contribution >= 4 is 11.6 Å². The molecule has 7 heteroatoms. The van der Waals surface area contributed by atoms with Crippen molar-refractivity contribution in [3.05, 3.63) is 77.6 Å². The van der Waals surface area contributed by atoms with Crippen molar-refractivity contribution in [2.24, 2.45) is 0 Å². The molecule has 0 spiro atoms. The second-order valence-electron chi connectivity index (χ2n) is 8.58. The van der Waals surface area contributed by atoms with Crippen LogP contribution < -0.4 is 10.6 Å². The number of carbonyl (C=O) groups is 1. The molecule has 1 unspecified atom stereocenters. The Morgan fingerprint density at radius 3 is 2.55 bits per heavy atom. The number of anilines is 1. The summed E-state index contributed by atoms with van der Waals surface area (Å²) in [5.41, 5.74) is 4.08. The number of carbonyl (C=O) groups excluding carboxylic acids is 1. The molecule has 160 valence electrons. The summed E-state index contributed by atoms with van der Waals surface area (Å²) >= 11 is 0. The van der Waals surface area contributed by atoms with E-state index in [0.717, 1.165) is 38.2 Å². The van der Waals surface area contributed by atoms with Crippen LogP contribution >= 0.6 is 0 Å². The molecular formula is C24H28N6O. The lowest BCUT2D eigenvalue weighted by molar-refractivity contribution is 0.0672. The van der Waals surface area contributed by atoms with Crippen LogP contribution in [0.15, 0.2) is 60.8 Å². The SMILES string of the molecule is CC(c1ccc(NCc2ccccc2)cc1)N1CC(NC(=O)c2cn(C3CC3)nn2)C1. The zero-order valence-corrected chi connectivity index (χ0v) is 17.7. The van der Waals surface area contributed by atoms with Gasteiger partial charge in [-0.2, -0.15) is 0 Å². The summed E-state index contributed by atoms with van der Waals surface area (Å²) in [6.45, 7) is 4.72. The van der Waals surface area contributed by atoms with Gasteiger partial charge in [-0.25, -0.2) is 4.68 Å². The van der Waals surface area contributed by atoms with Crippen LogP contribution in [0.25, 0.3) is 0 Å². The van der Waals surface area contributed by atoms with E-state index in [9.17, 15) is 4.79 Å². The van der Waals surface area contributed by atoms with Gasteiger partial charge < -0.3 is 10.6 Å². The molecular weight excluding hydrogens is 388 g/mol. The molecule has 1 atom stereocenters. The number of aromatic nitrogens is 3. The molecule has 1 aromatic heterocycles. The van der Waals surface area contributed by atoms with E-state index in [1.54, 1.807) is 6.20 Å². The van der Waals surface area contributed by atoms with Gasteiger partial charge in [0.05, 0.1) is 18.3 Å². The summed E-state index contributed by atoms with van der Waals surface area (Å²) in [5, 5.41) is 14.6. The second kappa shape index (κ2) is 8.51. The molecule has 5 rings (SSSR count). The summed E-state index contributed by atoms with van der Waals surface area (Å²) in [6.07, 6.45) is 4.02. The van der Waals surface area contributed by atoms with E-state index in [2.05, 4.69) is 81.3 Å². The van der Waals surface area contributed by atoms with Gasteiger partial charge in [-0.1, -0.05) is 47.7 Å². The van der Waals surface area contributed by atoms with Crippen molar-refractivity contribution in [1.82, 2.24) is 25.2 Å². The van der Waals surface area contributed by atoms with E-state index < -0.39 is 0 Å². The topological polar surface area (TPSA) is 75.1 Å². The highest BCUT2D eigenvalue weighted by Gasteiger charge is 2.33. The number of benzene rings is 2. The van der Waals surface area contributed by atoms with Gasteiger partial charge in [0.1, 0.15) is 0 Å². The van der Waals surface area contributed by atoms with E-state index in [1.165, 1.54) is 11.1 Å². The molecule has 2 aliphatic rings. The number of nitrogens with zero attached hydrogens (tertiary/aromatic N) is 4. The van der Waals surface area contributed by atoms with Gasteiger partial charge >= 0.3 is 0 Å². The van der Waals surface area contributed by atoms with Crippen LogP contribution in [0, 0.1) is 0 Å².